The van der Waals surface area contributed by atoms with Gasteiger partial charge in [-0.05, 0) is 65.2 Å². The molecule has 0 fully saturated rings. The summed E-state index contributed by atoms with van der Waals surface area (Å²) in [5.41, 5.74) is 2.67. The van der Waals surface area contributed by atoms with E-state index < -0.39 is 0 Å². The van der Waals surface area contributed by atoms with Crippen molar-refractivity contribution >= 4 is 23.4 Å². The smallest absolute Gasteiger partial charge is 0.234 e. The maximum absolute atomic E-state index is 12.9. The number of tetrazole rings is 1. The second-order valence-corrected chi connectivity index (χ2v) is 6.93. The van der Waals surface area contributed by atoms with Crippen LogP contribution >= 0.6 is 11.8 Å². The molecule has 140 valence electrons. The van der Waals surface area contributed by atoms with Gasteiger partial charge >= 0.3 is 0 Å². The molecule has 3 rings (SSSR count). The van der Waals surface area contributed by atoms with Crippen LogP contribution in [-0.2, 0) is 11.2 Å². The van der Waals surface area contributed by atoms with E-state index in [-0.39, 0.29) is 17.5 Å². The van der Waals surface area contributed by atoms with Crippen LogP contribution in [0.1, 0.15) is 25.3 Å². The maximum Gasteiger partial charge on any atom is 0.234 e. The molecule has 8 heteroatoms. The number of carbonyl (C=O) groups excluding carboxylic acids is 1. The third kappa shape index (κ3) is 5.37. The maximum atomic E-state index is 12.9. The van der Waals surface area contributed by atoms with Gasteiger partial charge in [0.05, 0.1) is 11.4 Å². The van der Waals surface area contributed by atoms with Gasteiger partial charge in [-0.1, -0.05) is 37.2 Å². The molecule has 0 radical (unpaired) electrons. The van der Waals surface area contributed by atoms with Crippen LogP contribution in [0.4, 0.5) is 10.1 Å². The number of amides is 1. The van der Waals surface area contributed by atoms with Crippen molar-refractivity contribution in [3.63, 3.8) is 0 Å². The molecule has 1 heterocycles. The quantitative estimate of drug-likeness (QED) is 0.596. The van der Waals surface area contributed by atoms with Crippen LogP contribution in [0.3, 0.4) is 0 Å². The first-order chi connectivity index (χ1) is 13.2. The van der Waals surface area contributed by atoms with Crippen LogP contribution in [0.5, 0.6) is 0 Å². The van der Waals surface area contributed by atoms with Crippen LogP contribution < -0.4 is 5.32 Å². The van der Waals surface area contributed by atoms with E-state index >= 15 is 0 Å². The molecule has 0 atom stereocenters. The Morgan fingerprint density at radius 3 is 2.59 bits per heavy atom. The van der Waals surface area contributed by atoms with Crippen LogP contribution in [0, 0.1) is 5.82 Å². The molecule has 27 heavy (non-hydrogen) atoms. The predicted octanol–water partition coefficient (Wildman–Crippen LogP) is 3.87. The van der Waals surface area contributed by atoms with E-state index in [4.69, 9.17) is 0 Å². The number of thioether (sulfide) groups is 1. The Bertz CT molecular complexity index is 880. The number of benzene rings is 2. The first kappa shape index (κ1) is 19.0. The van der Waals surface area contributed by atoms with Gasteiger partial charge in [0, 0.05) is 5.69 Å². The lowest BCUT2D eigenvalue weighted by Crippen LogP contribution is -2.14. The van der Waals surface area contributed by atoms with Gasteiger partial charge in [0.2, 0.25) is 11.1 Å². The Hall–Kier alpha value is -2.74. The number of aromatic nitrogens is 4. The highest BCUT2D eigenvalue weighted by Crippen LogP contribution is 2.19. The molecule has 6 nitrogen and oxygen atoms in total. The fourth-order valence-corrected chi connectivity index (χ4v) is 3.17. The van der Waals surface area contributed by atoms with Crippen molar-refractivity contribution in [3.05, 3.63) is 59.9 Å². The van der Waals surface area contributed by atoms with Crippen molar-refractivity contribution in [1.82, 2.24) is 20.2 Å². The van der Waals surface area contributed by atoms with Crippen molar-refractivity contribution in [1.29, 1.82) is 0 Å². The van der Waals surface area contributed by atoms with Gasteiger partial charge in [0.15, 0.2) is 0 Å². The average molecular weight is 385 g/mol. The lowest BCUT2D eigenvalue weighted by molar-refractivity contribution is -0.113. The van der Waals surface area contributed by atoms with Crippen molar-refractivity contribution in [3.8, 4) is 5.69 Å². The summed E-state index contributed by atoms with van der Waals surface area (Å²) in [6.07, 6.45) is 3.38. The molecular formula is C19H20FN5OS. The second kappa shape index (κ2) is 9.27. The van der Waals surface area contributed by atoms with E-state index in [9.17, 15) is 9.18 Å². The first-order valence-corrected chi connectivity index (χ1v) is 9.70. The van der Waals surface area contributed by atoms with Crippen molar-refractivity contribution < 1.29 is 9.18 Å². The highest BCUT2D eigenvalue weighted by atomic mass is 32.2. The highest BCUT2D eigenvalue weighted by molar-refractivity contribution is 7.99. The summed E-state index contributed by atoms with van der Waals surface area (Å²) < 4.78 is 14.5. The van der Waals surface area contributed by atoms with Gasteiger partial charge < -0.3 is 5.32 Å². The molecule has 0 aliphatic heterocycles. The number of hydrogen-bond acceptors (Lipinski definition) is 5. The topological polar surface area (TPSA) is 72.7 Å². The Labute approximate surface area is 161 Å². The van der Waals surface area contributed by atoms with E-state index in [2.05, 4.69) is 39.9 Å². The highest BCUT2D eigenvalue weighted by Gasteiger charge is 2.12. The molecule has 0 aliphatic rings. The van der Waals surface area contributed by atoms with Gasteiger partial charge in [-0.2, -0.15) is 4.68 Å². The Morgan fingerprint density at radius 2 is 1.89 bits per heavy atom. The number of carbonyl (C=O) groups is 1. The summed E-state index contributed by atoms with van der Waals surface area (Å²) in [4.78, 5) is 12.1. The number of hydrogen-bond donors (Lipinski definition) is 1. The zero-order valence-electron chi connectivity index (χ0n) is 14.9. The molecular weight excluding hydrogens is 365 g/mol. The van der Waals surface area contributed by atoms with E-state index in [1.165, 1.54) is 41.6 Å². The number of aryl methyl sites for hydroxylation is 1. The van der Waals surface area contributed by atoms with Gasteiger partial charge in [0.25, 0.3) is 0 Å². The SMILES string of the molecule is CCCCc1ccc(-n2nnnc2SCC(=O)Nc2ccc(F)cc2)cc1. The summed E-state index contributed by atoms with van der Waals surface area (Å²) in [5, 5.41) is 15.0. The molecule has 1 amide bonds. The van der Waals surface area contributed by atoms with E-state index in [1.807, 2.05) is 12.1 Å². The minimum atomic E-state index is -0.345. The minimum Gasteiger partial charge on any atom is -0.325 e. The number of rotatable bonds is 8. The molecule has 3 aromatic rings. The summed E-state index contributed by atoms with van der Waals surface area (Å²) in [6, 6.07) is 13.7. The monoisotopic (exact) mass is 385 g/mol. The summed E-state index contributed by atoms with van der Waals surface area (Å²) in [6.45, 7) is 2.17. The minimum absolute atomic E-state index is 0.145. The summed E-state index contributed by atoms with van der Waals surface area (Å²) in [5.74, 6) is -0.412. The van der Waals surface area contributed by atoms with Gasteiger partial charge in [-0.25, -0.2) is 4.39 Å². The van der Waals surface area contributed by atoms with Crippen molar-refractivity contribution in [2.75, 3.05) is 11.1 Å². The van der Waals surface area contributed by atoms with Crippen LogP contribution in [-0.4, -0.2) is 31.9 Å². The van der Waals surface area contributed by atoms with E-state index in [0.29, 0.717) is 10.8 Å². The fourth-order valence-electron chi connectivity index (χ4n) is 2.48. The number of anilines is 1. The van der Waals surface area contributed by atoms with Crippen LogP contribution in [0.25, 0.3) is 5.69 Å². The predicted molar refractivity (Wildman–Crippen MR) is 104 cm³/mol. The number of unbranched alkanes of at least 4 members (excludes halogenated alkanes) is 1. The molecule has 0 bridgehead atoms. The van der Waals surface area contributed by atoms with Crippen molar-refractivity contribution in [2.45, 2.75) is 31.3 Å². The standard InChI is InChI=1S/C19H20FN5OS/c1-2-3-4-14-5-11-17(12-6-14)25-19(22-23-24-25)27-13-18(26)21-16-9-7-15(20)8-10-16/h5-12H,2-4,13H2,1H3,(H,21,26). The Kier molecular flexibility index (Phi) is 6.54. The lowest BCUT2D eigenvalue weighted by atomic mass is 10.1. The molecule has 1 N–H and O–H groups in total. The number of nitrogens with zero attached hydrogens (tertiary/aromatic N) is 4. The zero-order chi connectivity index (χ0) is 19.1. The fraction of sp³-hybridized carbons (Fsp3) is 0.263. The lowest BCUT2D eigenvalue weighted by Gasteiger charge is -2.07. The largest absolute Gasteiger partial charge is 0.325 e. The second-order valence-electron chi connectivity index (χ2n) is 5.99. The molecule has 0 saturated heterocycles. The van der Waals surface area contributed by atoms with E-state index in [1.54, 1.807) is 4.68 Å². The van der Waals surface area contributed by atoms with Crippen molar-refractivity contribution in [2.24, 2.45) is 0 Å². The first-order valence-electron chi connectivity index (χ1n) is 8.71. The molecule has 0 aliphatic carbocycles. The number of nitrogens with one attached hydrogen (secondary N) is 1. The Morgan fingerprint density at radius 1 is 1.15 bits per heavy atom. The molecule has 1 aromatic heterocycles. The normalized spacial score (nSPS) is 10.7. The van der Waals surface area contributed by atoms with E-state index in [0.717, 1.165) is 24.9 Å². The molecule has 0 unspecified atom stereocenters. The van der Waals surface area contributed by atoms with Gasteiger partial charge in [-0.3, -0.25) is 4.79 Å². The van der Waals surface area contributed by atoms with Crippen LogP contribution in [0.15, 0.2) is 53.7 Å². The van der Waals surface area contributed by atoms with Crippen LogP contribution in [0.2, 0.25) is 0 Å². The molecule has 0 spiro atoms. The van der Waals surface area contributed by atoms with Gasteiger partial charge in [0.1, 0.15) is 5.82 Å². The average Bonchev–Trinajstić information content (AvgIpc) is 3.15. The zero-order valence-corrected chi connectivity index (χ0v) is 15.7. The third-order valence-corrected chi connectivity index (χ3v) is 4.82. The summed E-state index contributed by atoms with van der Waals surface area (Å²) in [7, 11) is 0. The summed E-state index contributed by atoms with van der Waals surface area (Å²) >= 11 is 1.24. The number of halogens is 1. The Balaban J connectivity index is 1.59. The molecule has 0 saturated carbocycles. The third-order valence-electron chi connectivity index (χ3n) is 3.90. The molecule has 2 aromatic carbocycles. The van der Waals surface area contributed by atoms with Gasteiger partial charge in [-0.15, -0.1) is 5.10 Å².